The van der Waals surface area contributed by atoms with Gasteiger partial charge < -0.3 is 9.80 Å². The number of allylic oxidation sites excluding steroid dienone is 5. The second-order valence-electron chi connectivity index (χ2n) is 22.3. The first kappa shape index (κ1) is 46.2. The van der Waals surface area contributed by atoms with Gasteiger partial charge in [-0.2, -0.15) is 0 Å². The van der Waals surface area contributed by atoms with Crippen LogP contribution in [0.2, 0.25) is 0 Å². The number of benzene rings is 7. The van der Waals surface area contributed by atoms with Crippen molar-refractivity contribution in [2.24, 2.45) is 5.92 Å². The van der Waals surface area contributed by atoms with Crippen LogP contribution in [0.4, 0.5) is 34.1 Å². The Labute approximate surface area is 442 Å². The van der Waals surface area contributed by atoms with E-state index < -0.39 is 0 Å². The molecule has 1 unspecified atom stereocenters. The molecule has 0 bridgehead atoms. The Bertz CT molecular complexity index is 3740. The maximum atomic E-state index is 4.47. The number of hydrogen-bond acceptors (Lipinski definition) is 4. The maximum Gasteiger partial charge on any atom is 0.0644 e. The summed E-state index contributed by atoms with van der Waals surface area (Å²) >= 11 is 0. The smallest absolute Gasteiger partial charge is 0.0644 e. The van der Waals surface area contributed by atoms with E-state index in [-0.39, 0.29) is 16.2 Å². The van der Waals surface area contributed by atoms with E-state index in [0.717, 1.165) is 40.5 Å². The lowest BCUT2D eigenvalue weighted by atomic mass is 9.78. The van der Waals surface area contributed by atoms with Crippen LogP contribution in [0.5, 0.6) is 0 Å². The van der Waals surface area contributed by atoms with E-state index in [1.807, 2.05) is 36.9 Å². The van der Waals surface area contributed by atoms with Crippen molar-refractivity contribution in [2.45, 2.75) is 64.2 Å². The molecule has 0 radical (unpaired) electrons. The predicted molar refractivity (Wildman–Crippen MR) is 315 cm³/mol. The van der Waals surface area contributed by atoms with E-state index in [1.54, 1.807) is 0 Å². The fourth-order valence-electron chi connectivity index (χ4n) is 12.7. The van der Waals surface area contributed by atoms with Gasteiger partial charge in [-0.05, 0) is 169 Å². The molecule has 9 aromatic rings. The van der Waals surface area contributed by atoms with Gasteiger partial charge in [0.25, 0.3) is 0 Å². The largest absolute Gasteiger partial charge is 0.309 e. The van der Waals surface area contributed by atoms with Crippen molar-refractivity contribution in [3.63, 3.8) is 0 Å². The van der Waals surface area contributed by atoms with E-state index in [2.05, 4.69) is 262 Å². The minimum atomic E-state index is -0.175. The third kappa shape index (κ3) is 7.82. The Morgan fingerprint density at radius 1 is 0.400 bits per heavy atom. The molecule has 0 N–H and O–H groups in total. The number of nitrogens with zero attached hydrogens (tertiary/aromatic N) is 4. The first-order valence-electron chi connectivity index (χ1n) is 26.5. The molecule has 0 aliphatic heterocycles. The highest BCUT2D eigenvalue weighted by Crippen LogP contribution is 2.55. The van der Waals surface area contributed by atoms with E-state index in [4.69, 9.17) is 0 Å². The number of pyridine rings is 2. The van der Waals surface area contributed by atoms with Crippen LogP contribution in [0.25, 0.3) is 46.1 Å². The van der Waals surface area contributed by atoms with Crippen LogP contribution in [0.3, 0.4) is 0 Å². The Balaban J connectivity index is 0.723. The molecule has 0 saturated carbocycles. The van der Waals surface area contributed by atoms with Gasteiger partial charge in [-0.15, -0.1) is 0 Å². The normalized spacial score (nSPS) is 16.9. The summed E-state index contributed by atoms with van der Waals surface area (Å²) in [7, 11) is 0. The monoisotopic (exact) mass is 968 g/mol. The minimum Gasteiger partial charge on any atom is -0.309 e. The number of aromatic nitrogens is 2. The summed E-state index contributed by atoms with van der Waals surface area (Å²) in [6.45, 7) is 14.3. The Morgan fingerprint density at radius 2 is 0.813 bits per heavy atom. The van der Waals surface area contributed by atoms with Crippen LogP contribution in [0, 0.1) is 5.92 Å². The van der Waals surface area contributed by atoms with Gasteiger partial charge in [-0.3, -0.25) is 9.97 Å². The minimum absolute atomic E-state index is 0.135. The summed E-state index contributed by atoms with van der Waals surface area (Å²) in [5.74, 6) is 0.314. The standard InChI is InChI=1S/C71H60N4/c1-69(2)63-39-47(21-23-49-27-33-59-61-35-29-53(43-67(61)70(3,4)65(59)41-49)74(51-15-9-7-10-16-51)55-19-13-37-72-45-55)25-31-57(63)58-32-26-48(40-64(58)69)22-24-50-28-34-60-62-36-30-54(44-68(62)71(5,6)66(60)42-50)75(52-17-11-8-12-18-52)56-20-14-38-73-46-56/h7-27,29-46,50H,28H2,1-6H3/b23-21+,24-22+. The zero-order valence-corrected chi connectivity index (χ0v) is 43.6. The molecule has 1 atom stereocenters. The summed E-state index contributed by atoms with van der Waals surface area (Å²) in [4.78, 5) is 13.5. The fourth-order valence-corrected chi connectivity index (χ4v) is 12.7. The van der Waals surface area contributed by atoms with Gasteiger partial charge in [0.1, 0.15) is 0 Å². The highest BCUT2D eigenvalue weighted by atomic mass is 15.2. The van der Waals surface area contributed by atoms with E-state index in [9.17, 15) is 0 Å². The topological polar surface area (TPSA) is 32.3 Å². The predicted octanol–water partition coefficient (Wildman–Crippen LogP) is 18.5. The van der Waals surface area contributed by atoms with Gasteiger partial charge in [-0.1, -0.05) is 181 Å². The van der Waals surface area contributed by atoms with Gasteiger partial charge in [-0.25, -0.2) is 0 Å². The molecule has 75 heavy (non-hydrogen) atoms. The zero-order chi connectivity index (χ0) is 51.1. The second kappa shape index (κ2) is 17.8. The molecule has 4 heteroatoms. The lowest BCUT2D eigenvalue weighted by Crippen LogP contribution is -2.18. The number of para-hydroxylation sites is 2. The van der Waals surface area contributed by atoms with Gasteiger partial charge >= 0.3 is 0 Å². The van der Waals surface area contributed by atoms with E-state index in [1.165, 1.54) is 83.5 Å². The fraction of sp³-hybridized carbons (Fsp3) is 0.155. The van der Waals surface area contributed by atoms with Crippen molar-refractivity contribution in [3.8, 4) is 22.3 Å². The molecule has 7 aromatic carbocycles. The van der Waals surface area contributed by atoms with E-state index in [0.29, 0.717) is 5.92 Å². The van der Waals surface area contributed by atoms with Gasteiger partial charge in [0.2, 0.25) is 0 Å². The first-order chi connectivity index (χ1) is 36.4. The van der Waals surface area contributed by atoms with Crippen molar-refractivity contribution >= 4 is 57.9 Å². The van der Waals surface area contributed by atoms with Crippen LogP contribution in [-0.4, -0.2) is 9.97 Å². The van der Waals surface area contributed by atoms with Crippen molar-refractivity contribution in [1.82, 2.24) is 9.97 Å². The second-order valence-corrected chi connectivity index (χ2v) is 22.3. The molecule has 364 valence electrons. The summed E-state index contributed by atoms with van der Waals surface area (Å²) in [5, 5.41) is 0. The SMILES string of the molecule is CC1(C)C2=CC(/C=C/c3ccc4c(c3)C(C)(C)c3cc(/C=C/c5ccc6c(c5)C(C)(C)c5cc(N(c7ccccc7)c7cccnc7)ccc5-6)ccc3-4)CC=C2c2ccc(N(c3ccccc3)c3cccnc3)cc21. The van der Waals surface area contributed by atoms with Crippen molar-refractivity contribution in [1.29, 1.82) is 0 Å². The zero-order valence-electron chi connectivity index (χ0n) is 43.6. The van der Waals surface area contributed by atoms with Gasteiger partial charge in [0, 0.05) is 51.4 Å². The average molecular weight is 969 g/mol. The average Bonchev–Trinajstić information content (AvgIpc) is 4.08. The highest BCUT2D eigenvalue weighted by Gasteiger charge is 2.41. The molecule has 4 aliphatic rings. The molecular formula is C71H60N4. The number of anilines is 6. The lowest BCUT2D eigenvalue weighted by Gasteiger charge is -2.28. The molecule has 0 saturated heterocycles. The summed E-state index contributed by atoms with van der Waals surface area (Å²) in [5.41, 5.74) is 26.1. The van der Waals surface area contributed by atoms with Crippen molar-refractivity contribution in [2.75, 3.05) is 9.80 Å². The Kier molecular flexibility index (Phi) is 11.0. The van der Waals surface area contributed by atoms with Gasteiger partial charge in [0.15, 0.2) is 0 Å². The third-order valence-corrected chi connectivity index (χ3v) is 16.7. The Hall–Kier alpha value is -8.60. The lowest BCUT2D eigenvalue weighted by molar-refractivity contribution is 0.645. The Morgan fingerprint density at radius 3 is 1.28 bits per heavy atom. The highest BCUT2D eigenvalue weighted by molar-refractivity contribution is 5.93. The van der Waals surface area contributed by atoms with Crippen LogP contribution < -0.4 is 9.80 Å². The molecule has 0 spiro atoms. The molecule has 0 amide bonds. The van der Waals surface area contributed by atoms with Crippen molar-refractivity contribution < 1.29 is 0 Å². The van der Waals surface area contributed by atoms with E-state index >= 15 is 0 Å². The first-order valence-corrected chi connectivity index (χ1v) is 26.5. The van der Waals surface area contributed by atoms with Crippen LogP contribution >= 0.6 is 0 Å². The number of hydrogen-bond donors (Lipinski definition) is 0. The molecule has 13 rings (SSSR count). The molecule has 2 heterocycles. The molecule has 4 aliphatic carbocycles. The third-order valence-electron chi connectivity index (χ3n) is 16.7. The van der Waals surface area contributed by atoms with Crippen LogP contribution in [0.15, 0.2) is 225 Å². The van der Waals surface area contributed by atoms with Crippen LogP contribution in [-0.2, 0) is 16.2 Å². The van der Waals surface area contributed by atoms with Gasteiger partial charge in [0.05, 0.1) is 23.8 Å². The maximum absolute atomic E-state index is 4.47. The number of rotatable bonds is 10. The summed E-state index contributed by atoms with van der Waals surface area (Å²) < 4.78 is 0. The molecule has 4 nitrogen and oxygen atoms in total. The molecular weight excluding hydrogens is 909 g/mol. The molecule has 2 aromatic heterocycles. The molecule has 0 fully saturated rings. The van der Waals surface area contributed by atoms with Crippen molar-refractivity contribution in [3.05, 3.63) is 275 Å². The quantitative estimate of drug-likeness (QED) is 0.128. The summed E-state index contributed by atoms with van der Waals surface area (Å²) in [6.07, 6.45) is 22.9. The summed E-state index contributed by atoms with van der Waals surface area (Å²) in [6, 6.07) is 64.5. The number of fused-ring (bicyclic) bond motifs is 9. The van der Waals surface area contributed by atoms with Crippen LogP contribution in [0.1, 0.15) is 98.0 Å².